The van der Waals surface area contributed by atoms with Gasteiger partial charge in [-0.15, -0.1) is 0 Å². The highest BCUT2D eigenvalue weighted by Gasteiger charge is 2.20. The fraction of sp³-hybridized carbons (Fsp3) is 0.333. The van der Waals surface area contributed by atoms with Gasteiger partial charge in [-0.05, 0) is 18.9 Å². The average molecular weight is 202 g/mol. The number of rotatable bonds is 3. The predicted molar refractivity (Wildman–Crippen MR) is 59.6 cm³/mol. The highest BCUT2D eigenvalue weighted by Crippen LogP contribution is 2.09. The van der Waals surface area contributed by atoms with Crippen molar-refractivity contribution in [2.75, 3.05) is 6.54 Å². The van der Waals surface area contributed by atoms with Gasteiger partial charge in [0.2, 0.25) is 5.91 Å². The first-order valence-corrected chi connectivity index (χ1v) is 5.14. The molecule has 3 heteroatoms. The van der Waals surface area contributed by atoms with Crippen LogP contribution in [-0.2, 0) is 11.2 Å². The topological polar surface area (TPSA) is 32.7 Å². The summed E-state index contributed by atoms with van der Waals surface area (Å²) < 4.78 is 0. The van der Waals surface area contributed by atoms with E-state index in [0.717, 1.165) is 12.1 Å². The van der Waals surface area contributed by atoms with Crippen LogP contribution in [0, 0.1) is 0 Å². The zero-order chi connectivity index (χ0) is 10.7. The minimum atomic E-state index is 0.114. The lowest BCUT2D eigenvalue weighted by Gasteiger charge is -2.11. The van der Waals surface area contributed by atoms with Gasteiger partial charge in [0, 0.05) is 12.3 Å². The first-order chi connectivity index (χ1) is 7.25. The van der Waals surface area contributed by atoms with E-state index in [9.17, 15) is 4.79 Å². The molecule has 0 fully saturated rings. The third kappa shape index (κ3) is 2.43. The fourth-order valence-corrected chi connectivity index (χ4v) is 1.66. The van der Waals surface area contributed by atoms with E-state index in [1.54, 1.807) is 5.01 Å². The molecule has 0 atom stereocenters. The van der Waals surface area contributed by atoms with Crippen LogP contribution >= 0.6 is 0 Å². The number of amides is 1. The summed E-state index contributed by atoms with van der Waals surface area (Å²) in [6.07, 6.45) is 1.35. The molecule has 0 aliphatic carbocycles. The van der Waals surface area contributed by atoms with Gasteiger partial charge in [0.15, 0.2) is 0 Å². The van der Waals surface area contributed by atoms with Crippen LogP contribution in [0.4, 0.5) is 0 Å². The van der Waals surface area contributed by atoms with Gasteiger partial charge in [-0.3, -0.25) is 4.79 Å². The second kappa shape index (κ2) is 4.26. The van der Waals surface area contributed by atoms with Gasteiger partial charge >= 0.3 is 0 Å². The van der Waals surface area contributed by atoms with Crippen molar-refractivity contribution < 1.29 is 4.79 Å². The van der Waals surface area contributed by atoms with Gasteiger partial charge in [0.25, 0.3) is 0 Å². The van der Waals surface area contributed by atoms with Gasteiger partial charge < -0.3 is 0 Å². The van der Waals surface area contributed by atoms with Gasteiger partial charge in [0.05, 0.1) is 6.42 Å². The van der Waals surface area contributed by atoms with E-state index in [4.69, 9.17) is 0 Å². The fourth-order valence-electron chi connectivity index (χ4n) is 1.66. The maximum Gasteiger partial charge on any atom is 0.248 e. The Labute approximate surface area is 89.4 Å². The molecule has 2 rings (SSSR count). The number of carbonyl (C=O) groups is 1. The Balaban J connectivity index is 1.92. The molecule has 0 spiro atoms. The van der Waals surface area contributed by atoms with E-state index in [-0.39, 0.29) is 5.91 Å². The number of nitrogens with zero attached hydrogens (tertiary/aromatic N) is 2. The summed E-state index contributed by atoms with van der Waals surface area (Å²) in [6.45, 7) is 2.57. The lowest BCUT2D eigenvalue weighted by atomic mass is 10.1. The molecule has 1 aliphatic rings. The van der Waals surface area contributed by atoms with Gasteiger partial charge in [-0.2, -0.15) is 5.10 Å². The monoisotopic (exact) mass is 202 g/mol. The van der Waals surface area contributed by atoms with E-state index in [1.165, 1.54) is 5.56 Å². The smallest absolute Gasteiger partial charge is 0.248 e. The maximum atomic E-state index is 11.4. The minimum absolute atomic E-state index is 0.114. The van der Waals surface area contributed by atoms with Crippen LogP contribution in [-0.4, -0.2) is 23.2 Å². The summed E-state index contributed by atoms with van der Waals surface area (Å²) in [7, 11) is 0. The van der Waals surface area contributed by atoms with E-state index in [1.807, 2.05) is 25.1 Å². The van der Waals surface area contributed by atoms with Crippen molar-refractivity contribution in [2.24, 2.45) is 5.10 Å². The largest absolute Gasteiger partial charge is 0.273 e. The highest BCUT2D eigenvalue weighted by atomic mass is 16.2. The standard InChI is InChI=1S/C12H14N2O/c1-10-9-12(15)14(13-10)8-7-11-5-3-2-4-6-11/h2-6H,7-9H2,1H3. The molecule has 1 aromatic rings. The summed E-state index contributed by atoms with van der Waals surface area (Å²) in [5, 5.41) is 5.76. The first kappa shape index (κ1) is 9.90. The molecular weight excluding hydrogens is 188 g/mol. The van der Waals surface area contributed by atoms with Crippen molar-refractivity contribution >= 4 is 11.6 Å². The molecule has 1 amide bonds. The van der Waals surface area contributed by atoms with Gasteiger partial charge in [0.1, 0.15) is 0 Å². The van der Waals surface area contributed by atoms with Crippen LogP contribution in [0.25, 0.3) is 0 Å². The van der Waals surface area contributed by atoms with Gasteiger partial charge in [-0.25, -0.2) is 5.01 Å². The molecule has 0 unspecified atom stereocenters. The third-order valence-electron chi connectivity index (χ3n) is 2.44. The number of benzene rings is 1. The first-order valence-electron chi connectivity index (χ1n) is 5.14. The molecule has 0 saturated heterocycles. The number of carbonyl (C=O) groups excluding carboxylic acids is 1. The molecule has 3 nitrogen and oxygen atoms in total. The van der Waals surface area contributed by atoms with E-state index < -0.39 is 0 Å². The molecule has 78 valence electrons. The molecule has 1 aliphatic heterocycles. The molecule has 15 heavy (non-hydrogen) atoms. The van der Waals surface area contributed by atoms with E-state index in [0.29, 0.717) is 13.0 Å². The van der Waals surface area contributed by atoms with Crippen LogP contribution in [0.3, 0.4) is 0 Å². The van der Waals surface area contributed by atoms with Crippen molar-refractivity contribution in [1.82, 2.24) is 5.01 Å². The summed E-state index contributed by atoms with van der Waals surface area (Å²) in [5.74, 6) is 0.114. The summed E-state index contributed by atoms with van der Waals surface area (Å²) >= 11 is 0. The van der Waals surface area contributed by atoms with Crippen LogP contribution in [0.5, 0.6) is 0 Å². The predicted octanol–water partition coefficient (Wildman–Crippen LogP) is 1.84. The number of hydrogen-bond donors (Lipinski definition) is 0. The lowest BCUT2D eigenvalue weighted by Crippen LogP contribution is -2.23. The Morgan fingerprint density at radius 1 is 1.33 bits per heavy atom. The number of hydrogen-bond acceptors (Lipinski definition) is 2. The van der Waals surface area contributed by atoms with E-state index in [2.05, 4.69) is 17.2 Å². The third-order valence-corrected chi connectivity index (χ3v) is 2.44. The van der Waals surface area contributed by atoms with Crippen molar-refractivity contribution in [1.29, 1.82) is 0 Å². The molecular formula is C12H14N2O. The molecule has 0 aromatic heterocycles. The number of hydrazone groups is 1. The molecule has 0 N–H and O–H groups in total. The van der Waals surface area contributed by atoms with Crippen LogP contribution in [0.15, 0.2) is 35.4 Å². The lowest BCUT2D eigenvalue weighted by molar-refractivity contribution is -0.128. The molecule has 0 saturated carbocycles. The zero-order valence-electron chi connectivity index (χ0n) is 8.81. The Morgan fingerprint density at radius 2 is 2.07 bits per heavy atom. The Morgan fingerprint density at radius 3 is 2.67 bits per heavy atom. The van der Waals surface area contributed by atoms with Crippen molar-refractivity contribution in [2.45, 2.75) is 19.8 Å². The Kier molecular flexibility index (Phi) is 2.81. The summed E-state index contributed by atoms with van der Waals surface area (Å²) in [5.41, 5.74) is 2.15. The van der Waals surface area contributed by atoms with Crippen molar-refractivity contribution in [3.8, 4) is 0 Å². The van der Waals surface area contributed by atoms with Crippen LogP contribution < -0.4 is 0 Å². The van der Waals surface area contributed by atoms with E-state index >= 15 is 0 Å². The van der Waals surface area contributed by atoms with Crippen LogP contribution in [0.1, 0.15) is 18.9 Å². The summed E-state index contributed by atoms with van der Waals surface area (Å²) in [6, 6.07) is 10.1. The van der Waals surface area contributed by atoms with Crippen molar-refractivity contribution in [3.63, 3.8) is 0 Å². The second-order valence-corrected chi connectivity index (χ2v) is 3.76. The molecule has 1 aromatic carbocycles. The normalized spacial score (nSPS) is 15.7. The molecule has 0 radical (unpaired) electrons. The summed E-state index contributed by atoms with van der Waals surface area (Å²) in [4.78, 5) is 11.4. The molecule has 0 bridgehead atoms. The zero-order valence-corrected chi connectivity index (χ0v) is 8.81. The highest BCUT2D eigenvalue weighted by molar-refractivity contribution is 6.03. The molecule has 1 heterocycles. The average Bonchev–Trinajstić information content (AvgIpc) is 2.56. The maximum absolute atomic E-state index is 11.4. The Bertz CT molecular complexity index is 384. The van der Waals surface area contributed by atoms with Crippen molar-refractivity contribution in [3.05, 3.63) is 35.9 Å². The van der Waals surface area contributed by atoms with Crippen LogP contribution in [0.2, 0.25) is 0 Å². The second-order valence-electron chi connectivity index (χ2n) is 3.76. The van der Waals surface area contributed by atoms with Gasteiger partial charge in [-0.1, -0.05) is 30.3 Å². The Hall–Kier alpha value is -1.64. The minimum Gasteiger partial charge on any atom is -0.273 e. The quantitative estimate of drug-likeness (QED) is 0.736. The SMILES string of the molecule is CC1=NN(CCc2ccccc2)C(=O)C1.